The van der Waals surface area contributed by atoms with E-state index in [1.807, 2.05) is 18.2 Å². The Labute approximate surface area is 199 Å². The largest absolute Gasteiger partial charge is 0.383 e. The van der Waals surface area contributed by atoms with E-state index >= 15 is 0 Å². The van der Waals surface area contributed by atoms with E-state index in [-0.39, 0.29) is 17.9 Å². The van der Waals surface area contributed by atoms with E-state index in [9.17, 15) is 8.78 Å². The van der Waals surface area contributed by atoms with E-state index < -0.39 is 6.55 Å². The van der Waals surface area contributed by atoms with Gasteiger partial charge in [0.1, 0.15) is 5.84 Å². The number of hydrogen-bond donors (Lipinski definition) is 3. The first kappa shape index (κ1) is 22.3. The van der Waals surface area contributed by atoms with Crippen molar-refractivity contribution in [2.45, 2.75) is 37.9 Å². The summed E-state index contributed by atoms with van der Waals surface area (Å²) < 4.78 is 28.3. The van der Waals surface area contributed by atoms with Crippen molar-refractivity contribution in [3.05, 3.63) is 65.7 Å². The molecule has 3 heterocycles. The summed E-state index contributed by atoms with van der Waals surface area (Å²) in [5, 5.41) is 12.3. The van der Waals surface area contributed by atoms with Crippen molar-refractivity contribution in [1.82, 2.24) is 19.4 Å². The van der Waals surface area contributed by atoms with Gasteiger partial charge >= 0.3 is 6.55 Å². The Morgan fingerprint density at radius 2 is 1.97 bits per heavy atom. The van der Waals surface area contributed by atoms with Gasteiger partial charge in [0.05, 0.1) is 39.9 Å². The molecule has 1 saturated carbocycles. The topological polar surface area (TPSA) is 112 Å². The van der Waals surface area contributed by atoms with Crippen LogP contribution in [0.2, 0.25) is 5.02 Å². The zero-order valence-electron chi connectivity index (χ0n) is 18.1. The summed E-state index contributed by atoms with van der Waals surface area (Å²) in [4.78, 5) is 4.53. The van der Waals surface area contributed by atoms with Crippen LogP contribution in [0.1, 0.15) is 31.4 Å². The van der Waals surface area contributed by atoms with Gasteiger partial charge in [0, 0.05) is 35.6 Å². The highest BCUT2D eigenvalue weighted by Crippen LogP contribution is 2.32. The molecule has 5 rings (SSSR count). The van der Waals surface area contributed by atoms with Crippen LogP contribution in [-0.4, -0.2) is 37.3 Å². The summed E-state index contributed by atoms with van der Waals surface area (Å²) >= 11 is 6.27. The van der Waals surface area contributed by atoms with Crippen molar-refractivity contribution in [2.24, 2.45) is 16.5 Å². The number of amidine groups is 1. The Bertz CT molecular complexity index is 1360. The van der Waals surface area contributed by atoms with Gasteiger partial charge in [0.25, 0.3) is 0 Å². The van der Waals surface area contributed by atoms with Gasteiger partial charge in [-0.15, -0.1) is 0 Å². The molecular weight excluding hydrogens is 462 g/mol. The molecule has 0 saturated heterocycles. The molecule has 5 N–H and O–H groups in total. The number of anilines is 1. The molecule has 4 aromatic rings. The molecule has 8 nitrogen and oxygen atoms in total. The molecule has 11 heteroatoms. The average Bonchev–Trinajstić information content (AvgIpc) is 3.54. The molecule has 34 heavy (non-hydrogen) atoms. The molecule has 1 fully saturated rings. The van der Waals surface area contributed by atoms with E-state index in [0.29, 0.717) is 32.1 Å². The summed E-state index contributed by atoms with van der Waals surface area (Å²) in [6.45, 7) is -2.71. The lowest BCUT2D eigenvalue weighted by molar-refractivity contribution is 0.0566. The van der Waals surface area contributed by atoms with Crippen LogP contribution >= 0.6 is 11.6 Å². The Balaban J connectivity index is 1.60. The second-order valence-corrected chi connectivity index (χ2v) is 8.75. The molecule has 1 aliphatic rings. The minimum absolute atomic E-state index is 0.135. The molecule has 0 radical (unpaired) electrons. The van der Waals surface area contributed by atoms with Crippen LogP contribution in [0.3, 0.4) is 0 Å². The van der Waals surface area contributed by atoms with Gasteiger partial charge in [0.2, 0.25) is 0 Å². The van der Waals surface area contributed by atoms with Gasteiger partial charge in [-0.05, 0) is 37.5 Å². The van der Waals surface area contributed by atoms with Crippen LogP contribution in [-0.2, 0) is 0 Å². The number of nitrogens with one attached hydrogen (secondary N) is 1. The number of rotatable bonds is 6. The number of aromatic nitrogens is 4. The summed E-state index contributed by atoms with van der Waals surface area (Å²) in [6, 6.07) is 9.33. The molecule has 0 amide bonds. The lowest BCUT2D eigenvalue weighted by atomic mass is 10.1. The van der Waals surface area contributed by atoms with Crippen LogP contribution in [0.15, 0.2) is 60.1 Å². The number of nitrogens with zero attached hydrogens (tertiary/aromatic N) is 5. The van der Waals surface area contributed by atoms with Crippen molar-refractivity contribution in [1.29, 1.82) is 0 Å². The Hall–Kier alpha value is -3.50. The number of nitrogens with two attached hydrogens (primary N) is 2. The molecule has 1 aliphatic carbocycles. The van der Waals surface area contributed by atoms with E-state index in [0.717, 1.165) is 30.5 Å². The molecule has 0 aliphatic heterocycles. The maximum atomic E-state index is 13.0. The highest BCUT2D eigenvalue weighted by atomic mass is 35.5. The summed E-state index contributed by atoms with van der Waals surface area (Å²) in [5.41, 5.74) is 16.4. The monoisotopic (exact) mass is 484 g/mol. The van der Waals surface area contributed by atoms with E-state index in [2.05, 4.69) is 20.5 Å². The van der Waals surface area contributed by atoms with E-state index in [1.54, 1.807) is 29.0 Å². The van der Waals surface area contributed by atoms with Gasteiger partial charge in [-0.1, -0.05) is 23.7 Å². The number of hydrogen-bond acceptors (Lipinski definition) is 5. The number of aliphatic imine (C=N–C) groups is 1. The Morgan fingerprint density at radius 3 is 2.68 bits per heavy atom. The second-order valence-electron chi connectivity index (χ2n) is 8.34. The van der Waals surface area contributed by atoms with Crippen molar-refractivity contribution in [3.8, 4) is 11.1 Å². The SMILES string of the molecule is N/C(=N\c1ccccc1Cl)c1cnn2cc(-c3cnn(C(F)F)c3)cc2c1N[C@@H]1CC[C@H](N)C1. The number of halogens is 3. The van der Waals surface area contributed by atoms with Crippen LogP contribution in [0.25, 0.3) is 16.6 Å². The fraction of sp³-hybridized carbons (Fsp3) is 0.261. The molecule has 176 valence electrons. The molecule has 2 atom stereocenters. The van der Waals surface area contributed by atoms with Gasteiger partial charge in [-0.3, -0.25) is 0 Å². The van der Waals surface area contributed by atoms with Gasteiger partial charge in [0.15, 0.2) is 0 Å². The minimum Gasteiger partial charge on any atom is -0.383 e. The van der Waals surface area contributed by atoms with Crippen molar-refractivity contribution in [3.63, 3.8) is 0 Å². The third-order valence-corrected chi connectivity index (χ3v) is 6.28. The number of benzene rings is 1. The Morgan fingerprint density at radius 1 is 1.15 bits per heavy atom. The Kier molecular flexibility index (Phi) is 5.93. The van der Waals surface area contributed by atoms with Crippen molar-refractivity contribution in [2.75, 3.05) is 5.32 Å². The van der Waals surface area contributed by atoms with Crippen molar-refractivity contribution < 1.29 is 8.78 Å². The highest BCUT2D eigenvalue weighted by molar-refractivity contribution is 6.33. The maximum absolute atomic E-state index is 13.0. The zero-order valence-corrected chi connectivity index (χ0v) is 18.8. The van der Waals surface area contributed by atoms with Crippen LogP contribution < -0.4 is 16.8 Å². The van der Waals surface area contributed by atoms with Gasteiger partial charge in [-0.25, -0.2) is 14.2 Å². The van der Waals surface area contributed by atoms with Crippen LogP contribution in [0, 0.1) is 0 Å². The third kappa shape index (κ3) is 4.34. The first-order valence-corrected chi connectivity index (χ1v) is 11.2. The molecular formula is C23H23ClF2N8. The maximum Gasteiger partial charge on any atom is 0.333 e. The second kappa shape index (κ2) is 9.03. The number of alkyl halides is 2. The van der Waals surface area contributed by atoms with Gasteiger partial charge in [-0.2, -0.15) is 19.0 Å². The van der Waals surface area contributed by atoms with E-state index in [4.69, 9.17) is 23.1 Å². The smallest absolute Gasteiger partial charge is 0.333 e. The third-order valence-electron chi connectivity index (χ3n) is 5.96. The normalized spacial score (nSPS) is 18.8. The summed E-state index contributed by atoms with van der Waals surface area (Å²) in [6.07, 6.45) is 8.77. The van der Waals surface area contributed by atoms with Crippen LogP contribution in [0.4, 0.5) is 20.2 Å². The minimum atomic E-state index is -2.71. The first-order chi connectivity index (χ1) is 16.4. The standard InChI is InChI=1S/C23H23ClF2N8/c24-18-3-1-2-4-19(18)32-22(28)17-10-30-33-11-13(14-9-29-34(12-14)23(25)26)7-20(33)21(17)31-16-6-5-15(27)8-16/h1-4,7,9-12,15-16,23,31H,5-6,8,27H2,(H2,28,32)/t15-,16+/m0/s1. The quantitative estimate of drug-likeness (QED) is 0.274. The molecule has 0 spiro atoms. The molecule has 3 aromatic heterocycles. The van der Waals surface area contributed by atoms with E-state index in [1.165, 1.54) is 12.4 Å². The molecule has 0 unspecified atom stereocenters. The molecule has 0 bridgehead atoms. The predicted molar refractivity (Wildman–Crippen MR) is 129 cm³/mol. The zero-order chi connectivity index (χ0) is 23.8. The highest BCUT2D eigenvalue weighted by Gasteiger charge is 2.24. The fourth-order valence-corrected chi connectivity index (χ4v) is 4.42. The lowest BCUT2D eigenvalue weighted by Crippen LogP contribution is -2.24. The van der Waals surface area contributed by atoms with Crippen molar-refractivity contribution >= 4 is 34.3 Å². The van der Waals surface area contributed by atoms with Crippen LogP contribution in [0.5, 0.6) is 0 Å². The average molecular weight is 485 g/mol. The predicted octanol–water partition coefficient (Wildman–Crippen LogP) is 4.58. The number of fused-ring (bicyclic) bond motifs is 1. The molecule has 1 aromatic carbocycles. The number of para-hydroxylation sites is 1. The summed E-state index contributed by atoms with van der Waals surface area (Å²) in [7, 11) is 0. The first-order valence-electron chi connectivity index (χ1n) is 10.8. The summed E-state index contributed by atoms with van der Waals surface area (Å²) in [5.74, 6) is 0.251. The fourth-order valence-electron chi connectivity index (χ4n) is 4.24. The van der Waals surface area contributed by atoms with Gasteiger partial charge < -0.3 is 16.8 Å². The lowest BCUT2D eigenvalue weighted by Gasteiger charge is -2.18.